The van der Waals surface area contributed by atoms with E-state index in [-0.39, 0.29) is 11.4 Å². The Bertz CT molecular complexity index is 505. The molecule has 0 aliphatic heterocycles. The van der Waals surface area contributed by atoms with E-state index in [9.17, 15) is 8.42 Å². The zero-order valence-electron chi connectivity index (χ0n) is 7.70. The van der Waals surface area contributed by atoms with Crippen LogP contribution in [-0.2, 0) is 10.0 Å². The first-order valence-electron chi connectivity index (χ1n) is 3.95. The maximum Gasteiger partial charge on any atom is 0.242 e. The predicted molar refractivity (Wildman–Crippen MR) is 62.6 cm³/mol. The van der Waals surface area contributed by atoms with Crippen LogP contribution in [0, 0.1) is 12.3 Å². The highest BCUT2D eigenvalue weighted by molar-refractivity contribution is 9.10. The van der Waals surface area contributed by atoms with Crippen LogP contribution in [0.5, 0.6) is 0 Å². The molecule has 1 rings (SSSR count). The van der Waals surface area contributed by atoms with Crippen LogP contribution in [0.4, 0.5) is 5.69 Å². The van der Waals surface area contributed by atoms with Gasteiger partial charge in [0.2, 0.25) is 10.0 Å². The molecule has 0 fully saturated rings. The molecule has 6 heteroatoms. The molecular weight excluding hydrogens is 280 g/mol. The van der Waals surface area contributed by atoms with Crippen molar-refractivity contribution < 1.29 is 8.42 Å². The fourth-order valence-corrected chi connectivity index (χ4v) is 2.87. The summed E-state index contributed by atoms with van der Waals surface area (Å²) in [5, 5.41) is 0. The minimum atomic E-state index is -3.59. The van der Waals surface area contributed by atoms with E-state index in [0.29, 0.717) is 10.2 Å². The van der Waals surface area contributed by atoms with Gasteiger partial charge in [-0.25, -0.2) is 8.42 Å². The van der Waals surface area contributed by atoms with Gasteiger partial charge in [0.1, 0.15) is 0 Å². The summed E-state index contributed by atoms with van der Waals surface area (Å²) in [5.41, 5.74) is 5.87. The minimum absolute atomic E-state index is 0.0520. The fraction of sp³-hybridized carbons (Fsp3) is 0.111. The molecule has 0 aliphatic rings. The molecule has 0 bridgehead atoms. The van der Waals surface area contributed by atoms with Gasteiger partial charge >= 0.3 is 0 Å². The molecule has 0 saturated carbocycles. The van der Waals surface area contributed by atoms with E-state index in [1.54, 1.807) is 12.1 Å². The second-order valence-electron chi connectivity index (χ2n) is 2.72. The highest BCUT2D eigenvalue weighted by Crippen LogP contribution is 2.23. The highest BCUT2D eigenvalue weighted by atomic mass is 79.9. The largest absolute Gasteiger partial charge is 0.399 e. The Kier molecular flexibility index (Phi) is 3.74. The average molecular weight is 289 g/mol. The maximum absolute atomic E-state index is 11.7. The Morgan fingerprint density at radius 2 is 2.20 bits per heavy atom. The molecule has 0 radical (unpaired) electrons. The summed E-state index contributed by atoms with van der Waals surface area (Å²) in [5.74, 6) is 2.19. The van der Waals surface area contributed by atoms with E-state index in [4.69, 9.17) is 12.2 Å². The quantitative estimate of drug-likeness (QED) is 0.642. The SMILES string of the molecule is C#CCNS(=O)(=O)c1cc(N)ccc1Br. The van der Waals surface area contributed by atoms with Crippen LogP contribution in [-0.4, -0.2) is 15.0 Å². The van der Waals surface area contributed by atoms with Crippen molar-refractivity contribution in [1.82, 2.24) is 4.72 Å². The number of terminal acetylenes is 1. The summed E-state index contributed by atoms with van der Waals surface area (Å²) in [7, 11) is -3.59. The second kappa shape index (κ2) is 4.66. The number of hydrogen-bond acceptors (Lipinski definition) is 3. The molecule has 3 N–H and O–H groups in total. The number of halogens is 1. The second-order valence-corrected chi connectivity index (χ2v) is 5.31. The van der Waals surface area contributed by atoms with Crippen molar-refractivity contribution in [2.24, 2.45) is 0 Å². The molecule has 0 atom stereocenters. The van der Waals surface area contributed by atoms with Gasteiger partial charge < -0.3 is 5.73 Å². The minimum Gasteiger partial charge on any atom is -0.399 e. The Labute approximate surface area is 97.0 Å². The lowest BCUT2D eigenvalue weighted by Gasteiger charge is -2.06. The van der Waals surface area contributed by atoms with Crippen molar-refractivity contribution in [3.63, 3.8) is 0 Å². The van der Waals surface area contributed by atoms with Crippen LogP contribution in [0.15, 0.2) is 27.6 Å². The van der Waals surface area contributed by atoms with Crippen LogP contribution in [0.1, 0.15) is 0 Å². The van der Waals surface area contributed by atoms with Crippen molar-refractivity contribution in [2.45, 2.75) is 4.90 Å². The lowest BCUT2D eigenvalue weighted by molar-refractivity contribution is 0.585. The van der Waals surface area contributed by atoms with Crippen molar-refractivity contribution in [2.75, 3.05) is 12.3 Å². The summed E-state index contributed by atoms with van der Waals surface area (Å²) >= 11 is 3.13. The molecule has 80 valence electrons. The van der Waals surface area contributed by atoms with E-state index in [2.05, 4.69) is 26.6 Å². The zero-order chi connectivity index (χ0) is 11.5. The van der Waals surface area contributed by atoms with E-state index in [0.717, 1.165) is 0 Å². The third-order valence-electron chi connectivity index (χ3n) is 1.61. The summed E-state index contributed by atoms with van der Waals surface area (Å²) in [6, 6.07) is 4.53. The summed E-state index contributed by atoms with van der Waals surface area (Å²) < 4.78 is 26.0. The zero-order valence-corrected chi connectivity index (χ0v) is 10.1. The van der Waals surface area contributed by atoms with Crippen molar-refractivity contribution in [3.8, 4) is 12.3 Å². The van der Waals surface area contributed by atoms with Crippen molar-refractivity contribution in [3.05, 3.63) is 22.7 Å². The topological polar surface area (TPSA) is 72.2 Å². The number of hydrogen-bond donors (Lipinski definition) is 2. The molecule has 0 heterocycles. The van der Waals surface area contributed by atoms with E-state index >= 15 is 0 Å². The first-order valence-corrected chi connectivity index (χ1v) is 6.23. The normalized spacial score (nSPS) is 10.9. The van der Waals surface area contributed by atoms with Gasteiger partial charge in [-0.05, 0) is 34.1 Å². The Balaban J connectivity index is 3.16. The van der Waals surface area contributed by atoms with Crippen molar-refractivity contribution in [1.29, 1.82) is 0 Å². The Hall–Kier alpha value is -1.03. The van der Waals surface area contributed by atoms with Crippen LogP contribution < -0.4 is 10.5 Å². The number of rotatable bonds is 3. The standard InChI is InChI=1S/C9H9BrN2O2S/c1-2-5-12-15(13,14)9-6-7(11)3-4-8(9)10/h1,3-4,6,12H,5,11H2. The molecule has 1 aromatic rings. The summed E-state index contributed by atoms with van der Waals surface area (Å²) in [4.78, 5) is 0.0813. The molecule has 0 amide bonds. The van der Waals surface area contributed by atoms with Gasteiger partial charge in [-0.15, -0.1) is 6.42 Å². The maximum atomic E-state index is 11.7. The molecule has 0 saturated heterocycles. The van der Waals surface area contributed by atoms with Gasteiger partial charge in [0, 0.05) is 10.2 Å². The van der Waals surface area contributed by atoms with Gasteiger partial charge in [-0.1, -0.05) is 5.92 Å². The molecule has 0 aromatic heterocycles. The van der Waals surface area contributed by atoms with Crippen molar-refractivity contribution >= 4 is 31.6 Å². The van der Waals surface area contributed by atoms with Crippen LogP contribution >= 0.6 is 15.9 Å². The van der Waals surface area contributed by atoms with Crippen LogP contribution in [0.2, 0.25) is 0 Å². The van der Waals surface area contributed by atoms with Crippen LogP contribution in [0.25, 0.3) is 0 Å². The number of sulfonamides is 1. The number of nitrogen functional groups attached to an aromatic ring is 1. The molecule has 0 aliphatic carbocycles. The van der Waals surface area contributed by atoms with Gasteiger partial charge in [0.25, 0.3) is 0 Å². The monoisotopic (exact) mass is 288 g/mol. The highest BCUT2D eigenvalue weighted by Gasteiger charge is 2.16. The van der Waals surface area contributed by atoms with Gasteiger partial charge in [0.05, 0.1) is 11.4 Å². The van der Waals surface area contributed by atoms with E-state index in [1.807, 2.05) is 0 Å². The number of nitrogens with two attached hydrogens (primary N) is 1. The molecule has 0 unspecified atom stereocenters. The lowest BCUT2D eigenvalue weighted by Crippen LogP contribution is -2.24. The number of benzene rings is 1. The average Bonchev–Trinajstić information content (AvgIpc) is 2.18. The molecule has 1 aromatic carbocycles. The molecular formula is C9H9BrN2O2S. The van der Waals surface area contributed by atoms with E-state index < -0.39 is 10.0 Å². The van der Waals surface area contributed by atoms with Gasteiger partial charge in [-0.3, -0.25) is 0 Å². The third kappa shape index (κ3) is 2.96. The smallest absolute Gasteiger partial charge is 0.242 e. The van der Waals surface area contributed by atoms with Gasteiger partial charge in [-0.2, -0.15) is 4.72 Å². The lowest BCUT2D eigenvalue weighted by atomic mass is 10.3. The molecule has 15 heavy (non-hydrogen) atoms. The van der Waals surface area contributed by atoms with Gasteiger partial charge in [0.15, 0.2) is 0 Å². The fourth-order valence-electron chi connectivity index (χ4n) is 0.940. The number of anilines is 1. The Morgan fingerprint density at radius 3 is 2.80 bits per heavy atom. The predicted octanol–water partition coefficient (Wildman–Crippen LogP) is 0.943. The van der Waals surface area contributed by atoms with Crippen LogP contribution in [0.3, 0.4) is 0 Å². The summed E-state index contributed by atoms with van der Waals surface area (Å²) in [6.45, 7) is -0.0520. The number of nitrogens with one attached hydrogen (secondary N) is 1. The third-order valence-corrected chi connectivity index (χ3v) is 4.00. The molecule has 0 spiro atoms. The first-order chi connectivity index (χ1) is 6.97. The summed E-state index contributed by atoms with van der Waals surface area (Å²) in [6.07, 6.45) is 4.97. The Morgan fingerprint density at radius 1 is 1.53 bits per heavy atom. The molecule has 4 nitrogen and oxygen atoms in total. The first kappa shape index (κ1) is 12.0. The van der Waals surface area contributed by atoms with E-state index in [1.165, 1.54) is 6.07 Å².